The molecule has 0 heterocycles. The van der Waals surface area contributed by atoms with Crippen LogP contribution in [0.2, 0.25) is 5.02 Å². The van der Waals surface area contributed by atoms with Crippen LogP contribution in [0.15, 0.2) is 18.2 Å². The van der Waals surface area contributed by atoms with E-state index in [1.165, 1.54) is 31.2 Å². The van der Waals surface area contributed by atoms with Gasteiger partial charge in [-0.2, -0.15) is 0 Å². The maximum Gasteiger partial charge on any atom is 0.137 e. The summed E-state index contributed by atoms with van der Waals surface area (Å²) in [6.07, 6.45) is 5.28. The van der Waals surface area contributed by atoms with Gasteiger partial charge in [-0.1, -0.05) is 37.4 Å². The van der Waals surface area contributed by atoms with E-state index in [1.54, 1.807) is 7.11 Å². The summed E-state index contributed by atoms with van der Waals surface area (Å²) in [5.41, 5.74) is 1.27. The van der Waals surface area contributed by atoms with Crippen molar-refractivity contribution in [3.05, 3.63) is 28.8 Å². The Labute approximate surface area is 121 Å². The Balaban J connectivity index is 2.15. The monoisotopic (exact) mass is 281 g/mol. The Morgan fingerprint density at radius 3 is 2.47 bits per heavy atom. The Kier molecular flexibility index (Phi) is 5.12. The number of rotatable bonds is 4. The Morgan fingerprint density at radius 2 is 1.95 bits per heavy atom. The lowest BCUT2D eigenvalue weighted by molar-refractivity contribution is 0.238. The summed E-state index contributed by atoms with van der Waals surface area (Å²) in [6.45, 7) is 2.36. The predicted molar refractivity (Wildman–Crippen MR) is 80.9 cm³/mol. The first-order valence-electron chi connectivity index (χ1n) is 7.16. The summed E-state index contributed by atoms with van der Waals surface area (Å²) in [6, 6.07) is 6.53. The van der Waals surface area contributed by atoms with Crippen LogP contribution in [0.1, 0.15) is 44.2 Å². The molecule has 2 nitrogen and oxygen atoms in total. The topological polar surface area (TPSA) is 21.3 Å². The van der Waals surface area contributed by atoms with Gasteiger partial charge in [0.1, 0.15) is 5.75 Å². The highest BCUT2D eigenvalue weighted by molar-refractivity contribution is 6.32. The standard InChI is InChI=1S/C16H24ClNO/c1-11-4-6-12(7-5-11)16(18-2)13-8-9-15(19-3)14(17)10-13/h8-12,16,18H,4-7H2,1-3H3. The zero-order chi connectivity index (χ0) is 13.8. The molecule has 1 N–H and O–H groups in total. The van der Waals surface area contributed by atoms with Crippen molar-refractivity contribution < 1.29 is 4.74 Å². The molecule has 106 valence electrons. The maximum absolute atomic E-state index is 6.24. The zero-order valence-electron chi connectivity index (χ0n) is 12.1. The molecule has 0 amide bonds. The molecule has 2 rings (SSSR count). The van der Waals surface area contributed by atoms with Crippen molar-refractivity contribution in [2.45, 2.75) is 38.6 Å². The molecule has 0 saturated heterocycles. The molecule has 1 aromatic carbocycles. The molecule has 1 unspecified atom stereocenters. The molecule has 19 heavy (non-hydrogen) atoms. The molecule has 3 heteroatoms. The number of nitrogens with one attached hydrogen (secondary N) is 1. The van der Waals surface area contributed by atoms with Gasteiger partial charge in [-0.05, 0) is 49.4 Å². The Hall–Kier alpha value is -0.730. The van der Waals surface area contributed by atoms with Gasteiger partial charge in [0.05, 0.1) is 12.1 Å². The van der Waals surface area contributed by atoms with E-state index in [2.05, 4.69) is 18.3 Å². The van der Waals surface area contributed by atoms with Gasteiger partial charge in [0.2, 0.25) is 0 Å². The predicted octanol–water partition coefficient (Wildman–Crippen LogP) is 4.44. The molecule has 1 aromatic rings. The first-order chi connectivity index (χ1) is 9.15. The Bertz CT molecular complexity index is 413. The quantitative estimate of drug-likeness (QED) is 0.881. The third-order valence-electron chi connectivity index (χ3n) is 4.38. The van der Waals surface area contributed by atoms with E-state index >= 15 is 0 Å². The average Bonchev–Trinajstić information content (AvgIpc) is 2.42. The fraction of sp³-hybridized carbons (Fsp3) is 0.625. The SMILES string of the molecule is CNC(c1ccc(OC)c(Cl)c1)C1CCC(C)CC1. The minimum Gasteiger partial charge on any atom is -0.495 e. The van der Waals surface area contributed by atoms with Crippen LogP contribution in [0.4, 0.5) is 0 Å². The van der Waals surface area contributed by atoms with E-state index in [0.29, 0.717) is 17.0 Å². The van der Waals surface area contributed by atoms with E-state index < -0.39 is 0 Å². The van der Waals surface area contributed by atoms with E-state index in [-0.39, 0.29) is 0 Å². The minimum absolute atomic E-state index is 0.399. The van der Waals surface area contributed by atoms with Crippen molar-refractivity contribution in [2.75, 3.05) is 14.2 Å². The van der Waals surface area contributed by atoms with Crippen molar-refractivity contribution in [1.29, 1.82) is 0 Å². The molecule has 0 radical (unpaired) electrons. The van der Waals surface area contributed by atoms with Crippen LogP contribution in [-0.2, 0) is 0 Å². The number of methoxy groups -OCH3 is 1. The smallest absolute Gasteiger partial charge is 0.137 e. The molecule has 0 spiro atoms. The van der Waals surface area contributed by atoms with Gasteiger partial charge in [0.15, 0.2) is 0 Å². The van der Waals surface area contributed by atoms with Crippen LogP contribution in [0, 0.1) is 11.8 Å². The van der Waals surface area contributed by atoms with Gasteiger partial charge in [0.25, 0.3) is 0 Å². The number of hydrogen-bond acceptors (Lipinski definition) is 2. The summed E-state index contributed by atoms with van der Waals surface area (Å²) in [7, 11) is 3.69. The summed E-state index contributed by atoms with van der Waals surface area (Å²) in [5.74, 6) is 2.34. The first kappa shape index (κ1) is 14.7. The van der Waals surface area contributed by atoms with Gasteiger partial charge in [0, 0.05) is 6.04 Å². The third-order valence-corrected chi connectivity index (χ3v) is 4.67. The largest absolute Gasteiger partial charge is 0.495 e. The lowest BCUT2D eigenvalue weighted by Crippen LogP contribution is -2.28. The third kappa shape index (κ3) is 3.43. The van der Waals surface area contributed by atoms with Crippen LogP contribution in [0.25, 0.3) is 0 Å². The van der Waals surface area contributed by atoms with Gasteiger partial charge in [-0.25, -0.2) is 0 Å². The van der Waals surface area contributed by atoms with Crippen molar-refractivity contribution in [3.8, 4) is 5.75 Å². The molecule has 1 atom stereocenters. The second kappa shape index (κ2) is 6.62. The van der Waals surface area contributed by atoms with Crippen LogP contribution in [0.3, 0.4) is 0 Å². The van der Waals surface area contributed by atoms with Crippen LogP contribution in [0.5, 0.6) is 5.75 Å². The summed E-state index contributed by atoms with van der Waals surface area (Å²) in [5, 5.41) is 4.17. The lowest BCUT2D eigenvalue weighted by Gasteiger charge is -2.33. The van der Waals surface area contributed by atoms with Crippen molar-refractivity contribution in [2.24, 2.45) is 11.8 Å². The molecule has 1 aliphatic rings. The van der Waals surface area contributed by atoms with Gasteiger partial charge in [-0.3, -0.25) is 0 Å². The highest BCUT2D eigenvalue weighted by atomic mass is 35.5. The highest BCUT2D eigenvalue weighted by Gasteiger charge is 2.26. The number of benzene rings is 1. The molecule has 0 aliphatic heterocycles. The first-order valence-corrected chi connectivity index (χ1v) is 7.54. The van der Waals surface area contributed by atoms with E-state index in [1.807, 2.05) is 19.2 Å². The Morgan fingerprint density at radius 1 is 1.26 bits per heavy atom. The van der Waals surface area contributed by atoms with Crippen LogP contribution in [-0.4, -0.2) is 14.2 Å². The van der Waals surface area contributed by atoms with Gasteiger partial charge >= 0.3 is 0 Å². The van der Waals surface area contributed by atoms with Crippen molar-refractivity contribution in [3.63, 3.8) is 0 Å². The summed E-state index contributed by atoms with van der Waals surface area (Å²) < 4.78 is 5.22. The fourth-order valence-electron chi connectivity index (χ4n) is 3.17. The van der Waals surface area contributed by atoms with Crippen LogP contribution < -0.4 is 10.1 Å². The van der Waals surface area contributed by atoms with Gasteiger partial charge < -0.3 is 10.1 Å². The fourth-order valence-corrected chi connectivity index (χ4v) is 3.44. The average molecular weight is 282 g/mol. The van der Waals surface area contributed by atoms with Gasteiger partial charge in [-0.15, -0.1) is 0 Å². The zero-order valence-corrected chi connectivity index (χ0v) is 12.8. The van der Waals surface area contributed by atoms with E-state index in [9.17, 15) is 0 Å². The number of halogens is 1. The highest BCUT2D eigenvalue weighted by Crippen LogP contribution is 2.38. The van der Waals surface area contributed by atoms with E-state index in [0.717, 1.165) is 11.7 Å². The normalized spacial score (nSPS) is 25.1. The van der Waals surface area contributed by atoms with Crippen molar-refractivity contribution in [1.82, 2.24) is 5.32 Å². The van der Waals surface area contributed by atoms with Crippen molar-refractivity contribution >= 4 is 11.6 Å². The van der Waals surface area contributed by atoms with Crippen LogP contribution >= 0.6 is 11.6 Å². The second-order valence-corrected chi connectivity index (χ2v) is 6.09. The molecule has 1 saturated carbocycles. The second-order valence-electron chi connectivity index (χ2n) is 5.68. The lowest BCUT2D eigenvalue weighted by atomic mass is 9.77. The molecule has 1 fully saturated rings. The molecular formula is C16H24ClNO. The summed E-state index contributed by atoms with van der Waals surface area (Å²) in [4.78, 5) is 0. The summed E-state index contributed by atoms with van der Waals surface area (Å²) >= 11 is 6.24. The molecule has 0 aromatic heterocycles. The number of ether oxygens (including phenoxy) is 1. The molecule has 0 bridgehead atoms. The molecule has 1 aliphatic carbocycles. The van der Waals surface area contributed by atoms with E-state index in [4.69, 9.17) is 16.3 Å². The number of hydrogen-bond donors (Lipinski definition) is 1. The maximum atomic E-state index is 6.24. The molecular weight excluding hydrogens is 258 g/mol. The minimum atomic E-state index is 0.399.